The van der Waals surface area contributed by atoms with Crippen LogP contribution < -0.4 is 14.8 Å². The normalized spacial score (nSPS) is 12.8. The summed E-state index contributed by atoms with van der Waals surface area (Å²) < 4.78 is 16.3. The highest BCUT2D eigenvalue weighted by atomic mass is 35.5. The van der Waals surface area contributed by atoms with E-state index >= 15 is 0 Å². The van der Waals surface area contributed by atoms with Crippen LogP contribution in [0.3, 0.4) is 0 Å². The molecule has 0 radical (unpaired) electrons. The fraction of sp³-hybridized carbons (Fsp3) is 0.333. The van der Waals surface area contributed by atoms with Gasteiger partial charge < -0.3 is 19.5 Å². The van der Waals surface area contributed by atoms with E-state index < -0.39 is 5.97 Å². The van der Waals surface area contributed by atoms with Crippen LogP contribution in [0.1, 0.15) is 50.6 Å². The number of benzene rings is 2. The van der Waals surface area contributed by atoms with Crippen molar-refractivity contribution in [3.63, 3.8) is 0 Å². The molecule has 1 aromatic heterocycles. The van der Waals surface area contributed by atoms with Gasteiger partial charge in [-0.3, -0.25) is 9.69 Å². The van der Waals surface area contributed by atoms with Gasteiger partial charge in [-0.25, -0.2) is 4.79 Å². The average Bonchev–Trinajstić information content (AvgIpc) is 3.22. The van der Waals surface area contributed by atoms with E-state index in [-0.39, 0.29) is 18.3 Å². The summed E-state index contributed by atoms with van der Waals surface area (Å²) in [5, 5.41) is 3.46. The molecule has 0 saturated heterocycles. The summed E-state index contributed by atoms with van der Waals surface area (Å²) in [5.41, 5.74) is 3.08. The molecule has 0 saturated carbocycles. The summed E-state index contributed by atoms with van der Waals surface area (Å²) in [7, 11) is 1.36. The molecule has 2 heterocycles. The number of amides is 1. The molecule has 3 aromatic rings. The molecular formula is C27H31ClN2O5S. The SMILES string of the molecule is CCOc1ccc(C(=O)Nc2sc3c(c2C(=O)OC)CCN(Cc2ccccc2)C3)cc1OCC.Cl. The number of thiophene rings is 1. The largest absolute Gasteiger partial charge is 0.490 e. The first-order valence-corrected chi connectivity index (χ1v) is 12.6. The smallest absolute Gasteiger partial charge is 0.341 e. The van der Waals surface area contributed by atoms with Crippen molar-refractivity contribution in [1.82, 2.24) is 4.90 Å². The highest BCUT2D eigenvalue weighted by Crippen LogP contribution is 2.38. The Bertz CT molecular complexity index is 1200. The van der Waals surface area contributed by atoms with E-state index in [0.717, 1.165) is 30.0 Å². The van der Waals surface area contributed by atoms with Gasteiger partial charge in [-0.15, -0.1) is 23.7 Å². The first-order chi connectivity index (χ1) is 17.0. The number of hydrogen-bond acceptors (Lipinski definition) is 7. The van der Waals surface area contributed by atoms with Crippen LogP contribution in [0.25, 0.3) is 0 Å². The molecule has 0 unspecified atom stereocenters. The Morgan fingerprint density at radius 2 is 1.75 bits per heavy atom. The molecule has 1 amide bonds. The Labute approximate surface area is 221 Å². The number of nitrogens with one attached hydrogen (secondary N) is 1. The number of methoxy groups -OCH3 is 1. The second-order valence-corrected chi connectivity index (χ2v) is 9.23. The Morgan fingerprint density at radius 1 is 1.03 bits per heavy atom. The van der Waals surface area contributed by atoms with Crippen LogP contribution in [-0.4, -0.2) is 43.6 Å². The van der Waals surface area contributed by atoms with Crippen LogP contribution in [0.4, 0.5) is 5.00 Å². The van der Waals surface area contributed by atoms with Gasteiger partial charge in [0.1, 0.15) is 5.00 Å². The third-order valence-electron chi connectivity index (χ3n) is 5.81. The van der Waals surface area contributed by atoms with E-state index in [1.807, 2.05) is 32.0 Å². The molecule has 0 spiro atoms. The van der Waals surface area contributed by atoms with E-state index in [9.17, 15) is 9.59 Å². The number of carbonyl (C=O) groups excluding carboxylic acids is 2. The minimum absolute atomic E-state index is 0. The van der Waals surface area contributed by atoms with Gasteiger partial charge in [-0.2, -0.15) is 0 Å². The lowest BCUT2D eigenvalue weighted by Crippen LogP contribution is -2.29. The third kappa shape index (κ3) is 6.19. The number of nitrogens with zero attached hydrogens (tertiary/aromatic N) is 1. The number of ether oxygens (including phenoxy) is 3. The molecule has 9 heteroatoms. The number of carbonyl (C=O) groups is 2. The van der Waals surface area contributed by atoms with E-state index in [1.54, 1.807) is 18.2 Å². The summed E-state index contributed by atoms with van der Waals surface area (Å²) in [6.07, 6.45) is 0.719. The lowest BCUT2D eigenvalue weighted by atomic mass is 10.0. The third-order valence-corrected chi connectivity index (χ3v) is 6.94. The maximum absolute atomic E-state index is 13.2. The minimum Gasteiger partial charge on any atom is -0.490 e. The molecule has 4 rings (SSSR count). The zero-order valence-electron chi connectivity index (χ0n) is 20.7. The van der Waals surface area contributed by atoms with Gasteiger partial charge in [-0.05, 0) is 49.6 Å². The van der Waals surface area contributed by atoms with Crippen molar-refractivity contribution < 1.29 is 23.8 Å². The topological polar surface area (TPSA) is 77.1 Å². The van der Waals surface area contributed by atoms with Crippen LogP contribution in [-0.2, 0) is 24.2 Å². The second kappa shape index (κ2) is 12.8. The Kier molecular flexibility index (Phi) is 9.75. The first-order valence-electron chi connectivity index (χ1n) is 11.7. The van der Waals surface area contributed by atoms with Gasteiger partial charge in [0.15, 0.2) is 11.5 Å². The van der Waals surface area contributed by atoms with Gasteiger partial charge in [0, 0.05) is 30.1 Å². The number of hydrogen-bond donors (Lipinski definition) is 1. The van der Waals surface area contributed by atoms with Crippen molar-refractivity contribution >= 4 is 40.6 Å². The van der Waals surface area contributed by atoms with E-state index in [4.69, 9.17) is 14.2 Å². The van der Waals surface area contributed by atoms with Crippen molar-refractivity contribution in [3.8, 4) is 11.5 Å². The standard InChI is InChI=1S/C27H30N2O5S.ClH/c1-4-33-21-12-11-19(15-22(21)34-5-2)25(30)28-26-24(27(31)32-3)20-13-14-29(17-23(20)35-26)16-18-9-7-6-8-10-18;/h6-12,15H,4-5,13-14,16-17H2,1-3H3,(H,28,30);1H. The molecule has 1 N–H and O–H groups in total. The summed E-state index contributed by atoms with van der Waals surface area (Å²) >= 11 is 1.44. The van der Waals surface area contributed by atoms with Crippen LogP contribution >= 0.6 is 23.7 Å². The zero-order valence-corrected chi connectivity index (χ0v) is 22.3. The molecule has 36 heavy (non-hydrogen) atoms. The lowest BCUT2D eigenvalue weighted by molar-refractivity contribution is 0.0600. The number of halogens is 1. The van der Waals surface area contributed by atoms with Crippen molar-refractivity contribution in [2.75, 3.05) is 32.2 Å². The lowest BCUT2D eigenvalue weighted by Gasteiger charge is -2.27. The highest BCUT2D eigenvalue weighted by Gasteiger charge is 2.29. The maximum Gasteiger partial charge on any atom is 0.341 e. The van der Waals surface area contributed by atoms with Crippen molar-refractivity contribution in [1.29, 1.82) is 0 Å². The number of fused-ring (bicyclic) bond motifs is 1. The number of rotatable bonds is 9. The average molecular weight is 531 g/mol. The summed E-state index contributed by atoms with van der Waals surface area (Å²) in [5.74, 6) is 0.346. The first kappa shape index (κ1) is 27.5. The van der Waals surface area contributed by atoms with E-state index in [2.05, 4.69) is 22.3 Å². The zero-order chi connectivity index (χ0) is 24.8. The van der Waals surface area contributed by atoms with E-state index in [0.29, 0.717) is 47.4 Å². The fourth-order valence-corrected chi connectivity index (χ4v) is 5.48. The molecule has 7 nitrogen and oxygen atoms in total. The van der Waals surface area contributed by atoms with Crippen molar-refractivity contribution in [2.45, 2.75) is 33.4 Å². The predicted octanol–water partition coefficient (Wildman–Crippen LogP) is 5.56. The summed E-state index contributed by atoms with van der Waals surface area (Å²) in [4.78, 5) is 29.3. The molecule has 0 fully saturated rings. The molecule has 1 aliphatic heterocycles. The number of esters is 1. The molecule has 0 atom stereocenters. The van der Waals surface area contributed by atoms with Crippen molar-refractivity contribution in [3.05, 3.63) is 75.7 Å². The monoisotopic (exact) mass is 530 g/mol. The van der Waals surface area contributed by atoms with E-state index in [1.165, 1.54) is 24.0 Å². The van der Waals surface area contributed by atoms with Crippen LogP contribution in [0.15, 0.2) is 48.5 Å². The fourth-order valence-electron chi connectivity index (χ4n) is 4.21. The van der Waals surface area contributed by atoms with Gasteiger partial charge >= 0.3 is 5.97 Å². The molecule has 192 valence electrons. The van der Waals surface area contributed by atoms with Gasteiger partial charge in [0.25, 0.3) is 5.91 Å². The molecular weight excluding hydrogens is 500 g/mol. The molecule has 2 aromatic carbocycles. The second-order valence-electron chi connectivity index (χ2n) is 8.13. The molecule has 1 aliphatic rings. The van der Waals surface area contributed by atoms with Gasteiger partial charge in [-0.1, -0.05) is 30.3 Å². The summed E-state index contributed by atoms with van der Waals surface area (Å²) in [6, 6.07) is 15.4. The molecule has 0 bridgehead atoms. The maximum atomic E-state index is 13.2. The Morgan fingerprint density at radius 3 is 2.44 bits per heavy atom. The van der Waals surface area contributed by atoms with Crippen molar-refractivity contribution in [2.24, 2.45) is 0 Å². The highest BCUT2D eigenvalue weighted by molar-refractivity contribution is 7.17. The molecule has 0 aliphatic carbocycles. The Hall–Kier alpha value is -3.07. The predicted molar refractivity (Wildman–Crippen MR) is 144 cm³/mol. The van der Waals surface area contributed by atoms with Crippen LogP contribution in [0.5, 0.6) is 11.5 Å². The van der Waals surface area contributed by atoms with Gasteiger partial charge in [0.05, 0.1) is 25.9 Å². The Balaban J connectivity index is 0.00000361. The van der Waals surface area contributed by atoms with Crippen LogP contribution in [0, 0.1) is 0 Å². The minimum atomic E-state index is -0.434. The summed E-state index contributed by atoms with van der Waals surface area (Å²) in [6.45, 7) is 7.09. The van der Waals surface area contributed by atoms with Gasteiger partial charge in [0.2, 0.25) is 0 Å². The number of anilines is 1. The van der Waals surface area contributed by atoms with Crippen LogP contribution in [0.2, 0.25) is 0 Å². The quantitative estimate of drug-likeness (QED) is 0.365.